The fourth-order valence-corrected chi connectivity index (χ4v) is 3.33. The molecule has 0 bridgehead atoms. The van der Waals surface area contributed by atoms with E-state index in [-0.39, 0.29) is 24.8 Å². The standard InChI is InChI=1S/C24H31NO4/c1-3-29-17-18(2)15-22(25-23(26)13-14-24(27)28)16-19-9-11-21(12-10-19)20-7-5-4-6-8-20/h4-12,18,22H,3,13-17H2,1-2H3,(H,25,26)(H,27,28)/t18-,22+/m1/s1. The molecule has 0 spiro atoms. The largest absolute Gasteiger partial charge is 0.481 e. The number of benzene rings is 2. The highest BCUT2D eigenvalue weighted by atomic mass is 16.5. The van der Waals surface area contributed by atoms with Crippen molar-refractivity contribution in [3.63, 3.8) is 0 Å². The molecule has 2 aromatic carbocycles. The van der Waals surface area contributed by atoms with Crippen LogP contribution in [0.4, 0.5) is 0 Å². The third-order valence-corrected chi connectivity index (χ3v) is 4.77. The molecular formula is C24H31NO4. The van der Waals surface area contributed by atoms with Crippen LogP contribution in [0.5, 0.6) is 0 Å². The number of nitrogens with one attached hydrogen (secondary N) is 1. The maximum absolute atomic E-state index is 12.2. The van der Waals surface area contributed by atoms with Crippen molar-refractivity contribution >= 4 is 11.9 Å². The molecule has 2 atom stereocenters. The van der Waals surface area contributed by atoms with Gasteiger partial charge in [0.2, 0.25) is 5.91 Å². The van der Waals surface area contributed by atoms with Crippen LogP contribution in [0.15, 0.2) is 54.6 Å². The normalized spacial score (nSPS) is 12.9. The minimum absolute atomic E-state index is 0.00137. The quantitative estimate of drug-likeness (QED) is 0.560. The Morgan fingerprint density at radius 3 is 2.28 bits per heavy atom. The summed E-state index contributed by atoms with van der Waals surface area (Å²) in [5, 5.41) is 11.8. The summed E-state index contributed by atoms with van der Waals surface area (Å²) in [7, 11) is 0. The lowest BCUT2D eigenvalue weighted by Crippen LogP contribution is -2.38. The number of carbonyl (C=O) groups is 2. The number of carboxylic acids is 1. The number of hydrogen-bond donors (Lipinski definition) is 2. The van der Waals surface area contributed by atoms with Gasteiger partial charge in [0.1, 0.15) is 0 Å². The highest BCUT2D eigenvalue weighted by Crippen LogP contribution is 2.20. The second kappa shape index (κ2) is 12.0. The van der Waals surface area contributed by atoms with Gasteiger partial charge in [-0.05, 0) is 42.4 Å². The summed E-state index contributed by atoms with van der Waals surface area (Å²) in [6.45, 7) is 5.38. The molecule has 0 saturated heterocycles. The maximum atomic E-state index is 12.2. The van der Waals surface area contributed by atoms with Gasteiger partial charge in [0.15, 0.2) is 0 Å². The first kappa shape index (κ1) is 22.6. The minimum Gasteiger partial charge on any atom is -0.481 e. The summed E-state index contributed by atoms with van der Waals surface area (Å²) in [5.74, 6) is -0.886. The predicted octanol–water partition coefficient (Wildman–Crippen LogP) is 4.31. The highest BCUT2D eigenvalue weighted by molar-refractivity contribution is 5.80. The molecule has 156 valence electrons. The third-order valence-electron chi connectivity index (χ3n) is 4.77. The zero-order chi connectivity index (χ0) is 21.1. The van der Waals surface area contributed by atoms with E-state index in [9.17, 15) is 9.59 Å². The van der Waals surface area contributed by atoms with Crippen molar-refractivity contribution in [1.82, 2.24) is 5.32 Å². The van der Waals surface area contributed by atoms with Crippen LogP contribution in [0, 0.1) is 5.92 Å². The molecule has 0 aliphatic heterocycles. The molecule has 29 heavy (non-hydrogen) atoms. The number of aliphatic carboxylic acids is 1. The van der Waals surface area contributed by atoms with Crippen LogP contribution in [0.1, 0.15) is 38.7 Å². The van der Waals surface area contributed by atoms with Gasteiger partial charge in [0, 0.05) is 25.7 Å². The van der Waals surface area contributed by atoms with Crippen LogP contribution in [0.25, 0.3) is 11.1 Å². The van der Waals surface area contributed by atoms with Gasteiger partial charge in [-0.3, -0.25) is 9.59 Å². The Morgan fingerprint density at radius 2 is 1.66 bits per heavy atom. The molecule has 0 saturated carbocycles. The van der Waals surface area contributed by atoms with E-state index in [1.165, 1.54) is 5.56 Å². The minimum atomic E-state index is -0.960. The summed E-state index contributed by atoms with van der Waals surface area (Å²) >= 11 is 0. The topological polar surface area (TPSA) is 75.6 Å². The molecule has 0 unspecified atom stereocenters. The molecule has 0 aliphatic carbocycles. The molecule has 5 heteroatoms. The van der Waals surface area contributed by atoms with Crippen molar-refractivity contribution < 1.29 is 19.4 Å². The van der Waals surface area contributed by atoms with Gasteiger partial charge >= 0.3 is 5.97 Å². The second-order valence-electron chi connectivity index (χ2n) is 7.43. The molecule has 2 aromatic rings. The van der Waals surface area contributed by atoms with Crippen LogP contribution in [0.2, 0.25) is 0 Å². The molecule has 1 amide bonds. The number of carboxylic acid groups (broad SMARTS) is 1. The van der Waals surface area contributed by atoms with Crippen molar-refractivity contribution in [3.8, 4) is 11.1 Å². The number of carbonyl (C=O) groups excluding carboxylic acids is 1. The maximum Gasteiger partial charge on any atom is 0.303 e. The summed E-state index contributed by atoms with van der Waals surface area (Å²) < 4.78 is 5.50. The summed E-state index contributed by atoms with van der Waals surface area (Å²) in [5.41, 5.74) is 3.46. The SMILES string of the molecule is CCOC[C@H](C)C[C@@H](Cc1ccc(-c2ccccc2)cc1)NC(=O)CCC(=O)O. The lowest BCUT2D eigenvalue weighted by Gasteiger charge is -2.22. The number of amides is 1. The van der Waals surface area contributed by atoms with Crippen molar-refractivity contribution in [3.05, 3.63) is 60.2 Å². The molecular weight excluding hydrogens is 366 g/mol. The van der Waals surface area contributed by atoms with E-state index in [0.717, 1.165) is 17.5 Å². The van der Waals surface area contributed by atoms with Crippen molar-refractivity contribution in [1.29, 1.82) is 0 Å². The van der Waals surface area contributed by atoms with Crippen LogP contribution < -0.4 is 5.32 Å². The van der Waals surface area contributed by atoms with E-state index in [0.29, 0.717) is 25.6 Å². The van der Waals surface area contributed by atoms with E-state index in [1.54, 1.807) is 0 Å². The van der Waals surface area contributed by atoms with Crippen LogP contribution >= 0.6 is 0 Å². The smallest absolute Gasteiger partial charge is 0.303 e. The van der Waals surface area contributed by atoms with Crippen molar-refractivity contribution in [2.45, 2.75) is 45.6 Å². The van der Waals surface area contributed by atoms with E-state index in [2.05, 4.69) is 48.6 Å². The van der Waals surface area contributed by atoms with Gasteiger partial charge in [0.05, 0.1) is 6.42 Å². The molecule has 0 heterocycles. The molecule has 0 fully saturated rings. The molecule has 2 N–H and O–H groups in total. The Labute approximate surface area is 173 Å². The van der Waals surface area contributed by atoms with Gasteiger partial charge < -0.3 is 15.2 Å². The summed E-state index contributed by atoms with van der Waals surface area (Å²) in [4.78, 5) is 22.9. The van der Waals surface area contributed by atoms with E-state index >= 15 is 0 Å². The Kier molecular flexibility index (Phi) is 9.38. The van der Waals surface area contributed by atoms with E-state index in [4.69, 9.17) is 9.84 Å². The van der Waals surface area contributed by atoms with Crippen LogP contribution in [-0.2, 0) is 20.7 Å². The van der Waals surface area contributed by atoms with Gasteiger partial charge in [-0.25, -0.2) is 0 Å². The Bertz CT molecular complexity index is 758. The van der Waals surface area contributed by atoms with Gasteiger partial charge in [-0.15, -0.1) is 0 Å². The second-order valence-corrected chi connectivity index (χ2v) is 7.43. The number of hydrogen-bond acceptors (Lipinski definition) is 3. The third kappa shape index (κ3) is 8.48. The zero-order valence-corrected chi connectivity index (χ0v) is 17.3. The van der Waals surface area contributed by atoms with E-state index < -0.39 is 5.97 Å². The Morgan fingerprint density at radius 1 is 1.00 bits per heavy atom. The monoisotopic (exact) mass is 397 g/mol. The first-order valence-electron chi connectivity index (χ1n) is 10.2. The van der Waals surface area contributed by atoms with Crippen LogP contribution in [0.3, 0.4) is 0 Å². The Balaban J connectivity index is 2.02. The molecule has 2 rings (SSSR count). The van der Waals surface area contributed by atoms with Crippen LogP contribution in [-0.4, -0.2) is 36.2 Å². The lowest BCUT2D eigenvalue weighted by molar-refractivity contribution is -0.139. The van der Waals surface area contributed by atoms with Gasteiger partial charge in [0.25, 0.3) is 0 Å². The summed E-state index contributed by atoms with van der Waals surface area (Å²) in [6.07, 6.45) is 1.32. The number of rotatable bonds is 12. The summed E-state index contributed by atoms with van der Waals surface area (Å²) in [6, 6.07) is 18.5. The van der Waals surface area contributed by atoms with Gasteiger partial charge in [-0.1, -0.05) is 61.5 Å². The highest BCUT2D eigenvalue weighted by Gasteiger charge is 2.17. The van der Waals surface area contributed by atoms with Gasteiger partial charge in [-0.2, -0.15) is 0 Å². The van der Waals surface area contributed by atoms with Crippen molar-refractivity contribution in [2.75, 3.05) is 13.2 Å². The Hall–Kier alpha value is -2.66. The molecule has 0 aromatic heterocycles. The fourth-order valence-electron chi connectivity index (χ4n) is 3.33. The predicted molar refractivity (Wildman–Crippen MR) is 115 cm³/mol. The molecule has 0 aliphatic rings. The molecule has 0 radical (unpaired) electrons. The number of ether oxygens (including phenoxy) is 1. The van der Waals surface area contributed by atoms with Crippen molar-refractivity contribution in [2.24, 2.45) is 5.92 Å². The average Bonchev–Trinajstić information content (AvgIpc) is 2.72. The lowest BCUT2D eigenvalue weighted by atomic mass is 9.95. The first-order valence-corrected chi connectivity index (χ1v) is 10.2. The average molecular weight is 398 g/mol. The fraction of sp³-hybridized carbons (Fsp3) is 0.417. The first-order chi connectivity index (χ1) is 14.0. The molecule has 5 nitrogen and oxygen atoms in total. The van der Waals surface area contributed by atoms with E-state index in [1.807, 2.05) is 25.1 Å². The zero-order valence-electron chi connectivity index (χ0n) is 17.3.